The third kappa shape index (κ3) is 4.09. The summed E-state index contributed by atoms with van der Waals surface area (Å²) in [5, 5.41) is 19.5. The van der Waals surface area contributed by atoms with Crippen molar-refractivity contribution in [2.75, 3.05) is 18.5 Å². The molecule has 20 heavy (non-hydrogen) atoms. The van der Waals surface area contributed by atoms with Crippen LogP contribution in [-0.4, -0.2) is 35.5 Å². The summed E-state index contributed by atoms with van der Waals surface area (Å²) in [5.41, 5.74) is 5.40. The highest BCUT2D eigenvalue weighted by molar-refractivity contribution is 5.86. The zero-order valence-electron chi connectivity index (χ0n) is 10.6. The van der Waals surface area contributed by atoms with Crippen LogP contribution in [0.1, 0.15) is 5.56 Å². The Morgan fingerprint density at radius 1 is 1.50 bits per heavy atom. The molecule has 1 aromatic carbocycles. The van der Waals surface area contributed by atoms with Crippen LogP contribution in [0.5, 0.6) is 0 Å². The second-order valence-electron chi connectivity index (χ2n) is 4.00. The highest BCUT2D eigenvalue weighted by atomic mass is 16.6. The predicted molar refractivity (Wildman–Crippen MR) is 72.2 cm³/mol. The van der Waals surface area contributed by atoms with Gasteiger partial charge in [-0.2, -0.15) is 0 Å². The number of carboxylic acid groups (broad SMARTS) is 1. The van der Waals surface area contributed by atoms with Crippen molar-refractivity contribution in [1.82, 2.24) is 0 Å². The van der Waals surface area contributed by atoms with Crippen LogP contribution in [0.25, 0.3) is 6.08 Å². The highest BCUT2D eigenvalue weighted by Gasteiger charge is 2.18. The zero-order chi connectivity index (χ0) is 15.3. The molecule has 0 bridgehead atoms. The number of nitro groups is 1. The Kier molecular flexibility index (Phi) is 4.79. The van der Waals surface area contributed by atoms with E-state index in [4.69, 9.17) is 10.8 Å². The fourth-order valence-electron chi connectivity index (χ4n) is 1.60. The Labute approximate surface area is 114 Å². The number of hydrogen-bond donors (Lipinski definition) is 2. The molecular weight excluding hydrogens is 266 g/mol. The molecule has 0 aromatic heterocycles. The molecule has 0 fully saturated rings. The normalized spacial score (nSPS) is 10.4. The van der Waals surface area contributed by atoms with E-state index in [-0.39, 0.29) is 17.9 Å². The molecule has 1 rings (SSSR count). The van der Waals surface area contributed by atoms with Crippen LogP contribution < -0.4 is 10.6 Å². The Bertz CT molecular complexity index is 582. The number of likely N-dealkylation sites (N-methyl/N-ethyl adjacent to an activating group) is 1. The number of nitrogens with two attached hydrogens (primary N) is 1. The van der Waals surface area contributed by atoms with E-state index in [1.807, 2.05) is 0 Å². The van der Waals surface area contributed by atoms with E-state index in [2.05, 4.69) is 0 Å². The number of rotatable bonds is 6. The van der Waals surface area contributed by atoms with Crippen molar-refractivity contribution in [1.29, 1.82) is 0 Å². The van der Waals surface area contributed by atoms with Gasteiger partial charge in [0.05, 0.1) is 11.5 Å². The first-order valence-corrected chi connectivity index (χ1v) is 5.50. The maximum absolute atomic E-state index is 11.0. The smallest absolute Gasteiger partial charge is 0.328 e. The van der Waals surface area contributed by atoms with Crippen LogP contribution in [-0.2, 0) is 9.59 Å². The Hall–Kier alpha value is -2.90. The lowest BCUT2D eigenvalue weighted by atomic mass is 10.1. The summed E-state index contributed by atoms with van der Waals surface area (Å²) in [7, 11) is 1.50. The first-order valence-electron chi connectivity index (χ1n) is 5.50. The summed E-state index contributed by atoms with van der Waals surface area (Å²) in [6.45, 7) is -0.162. The zero-order valence-corrected chi connectivity index (χ0v) is 10.6. The largest absolute Gasteiger partial charge is 0.478 e. The number of hydrogen-bond acceptors (Lipinski definition) is 5. The quantitative estimate of drug-likeness (QED) is 0.446. The summed E-state index contributed by atoms with van der Waals surface area (Å²) in [4.78, 5) is 33.0. The maximum Gasteiger partial charge on any atom is 0.328 e. The van der Waals surface area contributed by atoms with E-state index in [1.54, 1.807) is 0 Å². The molecular formula is C12H13N3O5. The van der Waals surface area contributed by atoms with Gasteiger partial charge in [0.15, 0.2) is 0 Å². The fourth-order valence-corrected chi connectivity index (χ4v) is 1.60. The predicted octanol–water partition coefficient (Wildman–Crippen LogP) is 0.614. The van der Waals surface area contributed by atoms with Crippen LogP contribution >= 0.6 is 0 Å². The Balaban J connectivity index is 3.17. The van der Waals surface area contributed by atoms with Crippen molar-refractivity contribution in [2.24, 2.45) is 5.73 Å². The minimum Gasteiger partial charge on any atom is -0.478 e. The minimum atomic E-state index is -1.15. The van der Waals surface area contributed by atoms with Gasteiger partial charge in [-0.15, -0.1) is 0 Å². The molecule has 0 atom stereocenters. The SMILES string of the molecule is CN(CC(N)=O)c1ccc(/C=C/C(=O)O)cc1[N+](=O)[O-]. The number of amides is 1. The van der Waals surface area contributed by atoms with Crippen LogP contribution in [0.3, 0.4) is 0 Å². The number of nitrogens with zero attached hydrogens (tertiary/aromatic N) is 2. The molecule has 1 amide bonds. The van der Waals surface area contributed by atoms with Gasteiger partial charge in [0.25, 0.3) is 5.69 Å². The second kappa shape index (κ2) is 6.32. The van der Waals surface area contributed by atoms with E-state index < -0.39 is 16.8 Å². The third-order valence-electron chi connectivity index (χ3n) is 2.42. The minimum absolute atomic E-state index is 0.162. The van der Waals surface area contributed by atoms with Gasteiger partial charge < -0.3 is 15.7 Å². The van der Waals surface area contributed by atoms with Gasteiger partial charge in [0.2, 0.25) is 5.91 Å². The number of benzene rings is 1. The third-order valence-corrected chi connectivity index (χ3v) is 2.42. The van der Waals surface area contributed by atoms with Crippen LogP contribution in [0.2, 0.25) is 0 Å². The molecule has 106 valence electrons. The molecule has 1 aromatic rings. The molecule has 0 aliphatic heterocycles. The monoisotopic (exact) mass is 279 g/mol. The van der Waals surface area contributed by atoms with E-state index >= 15 is 0 Å². The molecule has 0 aliphatic rings. The van der Waals surface area contributed by atoms with Crippen molar-refractivity contribution < 1.29 is 19.6 Å². The van der Waals surface area contributed by atoms with Crippen LogP contribution in [0, 0.1) is 10.1 Å². The summed E-state index contributed by atoms with van der Waals surface area (Å²) < 4.78 is 0. The molecule has 0 radical (unpaired) electrons. The lowest BCUT2D eigenvalue weighted by molar-refractivity contribution is -0.384. The van der Waals surface area contributed by atoms with Crippen molar-refractivity contribution in [3.05, 3.63) is 40.0 Å². The van der Waals surface area contributed by atoms with Gasteiger partial charge in [0.1, 0.15) is 5.69 Å². The fraction of sp³-hybridized carbons (Fsp3) is 0.167. The number of carbonyl (C=O) groups excluding carboxylic acids is 1. The average Bonchev–Trinajstić information content (AvgIpc) is 2.35. The number of carboxylic acids is 1. The highest BCUT2D eigenvalue weighted by Crippen LogP contribution is 2.28. The summed E-state index contributed by atoms with van der Waals surface area (Å²) in [6.07, 6.45) is 2.12. The summed E-state index contributed by atoms with van der Waals surface area (Å²) in [6, 6.07) is 4.17. The van der Waals surface area contributed by atoms with Gasteiger partial charge in [-0.1, -0.05) is 6.07 Å². The number of carbonyl (C=O) groups is 2. The topological polar surface area (TPSA) is 127 Å². The van der Waals surface area contributed by atoms with Gasteiger partial charge in [-0.25, -0.2) is 4.79 Å². The first kappa shape index (κ1) is 15.2. The molecule has 8 heteroatoms. The average molecular weight is 279 g/mol. The first-order chi connectivity index (χ1) is 9.31. The molecule has 0 aliphatic carbocycles. The molecule has 3 N–H and O–H groups in total. The van der Waals surface area contributed by atoms with E-state index in [0.717, 1.165) is 6.08 Å². The van der Waals surface area contributed by atoms with Crippen molar-refractivity contribution in [3.8, 4) is 0 Å². The number of aliphatic carboxylic acids is 1. The lowest BCUT2D eigenvalue weighted by Crippen LogP contribution is -2.30. The van der Waals surface area contributed by atoms with Crippen LogP contribution in [0.4, 0.5) is 11.4 Å². The van der Waals surface area contributed by atoms with E-state index in [0.29, 0.717) is 5.56 Å². The molecule has 0 unspecified atom stereocenters. The van der Waals surface area contributed by atoms with Gasteiger partial charge in [-0.05, 0) is 17.7 Å². The lowest BCUT2D eigenvalue weighted by Gasteiger charge is -2.17. The van der Waals surface area contributed by atoms with Gasteiger partial charge in [-0.3, -0.25) is 14.9 Å². The second-order valence-corrected chi connectivity index (χ2v) is 4.00. The van der Waals surface area contributed by atoms with Crippen molar-refractivity contribution in [3.63, 3.8) is 0 Å². The number of primary amides is 1. The van der Waals surface area contributed by atoms with E-state index in [1.165, 1.54) is 36.2 Å². The molecule has 0 heterocycles. The molecule has 0 saturated heterocycles. The Morgan fingerprint density at radius 2 is 2.15 bits per heavy atom. The van der Waals surface area contributed by atoms with E-state index in [9.17, 15) is 19.7 Å². The molecule has 0 spiro atoms. The van der Waals surface area contributed by atoms with Crippen molar-refractivity contribution >= 4 is 29.3 Å². The maximum atomic E-state index is 11.0. The number of anilines is 1. The molecule has 0 saturated carbocycles. The molecule has 8 nitrogen and oxygen atoms in total. The van der Waals surface area contributed by atoms with Crippen molar-refractivity contribution in [2.45, 2.75) is 0 Å². The number of nitro benzene ring substituents is 1. The Morgan fingerprint density at radius 3 is 2.65 bits per heavy atom. The van der Waals surface area contributed by atoms with Gasteiger partial charge >= 0.3 is 5.97 Å². The summed E-state index contributed by atoms with van der Waals surface area (Å²) >= 11 is 0. The van der Waals surface area contributed by atoms with Gasteiger partial charge in [0, 0.05) is 19.2 Å². The summed E-state index contributed by atoms with van der Waals surface area (Å²) in [5.74, 6) is -1.76. The standard InChI is InChI=1S/C12H13N3O5/c1-14(7-11(13)16)9-4-2-8(3-5-12(17)18)6-10(9)15(19)20/h2-6H,7H2,1H3,(H2,13,16)(H,17,18)/b5-3+. The van der Waals surface area contributed by atoms with Crippen LogP contribution in [0.15, 0.2) is 24.3 Å².